The Morgan fingerprint density at radius 2 is 2.07 bits per heavy atom. The highest BCUT2D eigenvalue weighted by Gasteiger charge is 2.36. The van der Waals surface area contributed by atoms with E-state index in [0.29, 0.717) is 17.3 Å². The average Bonchev–Trinajstić information content (AvgIpc) is 3.23. The van der Waals surface area contributed by atoms with Crippen molar-refractivity contribution in [3.05, 3.63) is 34.2 Å². The summed E-state index contributed by atoms with van der Waals surface area (Å²) in [6, 6.07) is 0.254. The summed E-state index contributed by atoms with van der Waals surface area (Å²) in [6.07, 6.45) is -0.0752. The smallest absolute Gasteiger partial charge is 0.372 e. The van der Waals surface area contributed by atoms with Gasteiger partial charge in [0.15, 0.2) is 0 Å². The molecule has 2 N–H and O–H groups in total. The summed E-state index contributed by atoms with van der Waals surface area (Å²) in [6.45, 7) is 1.82. The van der Waals surface area contributed by atoms with Gasteiger partial charge >= 0.3 is 6.18 Å². The number of hydrogen-bond donors (Lipinski definition) is 2. The van der Waals surface area contributed by atoms with Gasteiger partial charge in [-0.3, -0.25) is 4.68 Å². The third kappa shape index (κ3) is 3.51. The molecule has 1 aliphatic rings. The Balaban J connectivity index is 1.48. The van der Waals surface area contributed by atoms with Gasteiger partial charge in [0.2, 0.25) is 5.95 Å². The fraction of sp³-hybridized carbons (Fsp3) is 0.438. The van der Waals surface area contributed by atoms with Crippen LogP contribution in [-0.2, 0) is 6.18 Å². The monoisotopic (exact) mass is 410 g/mol. The summed E-state index contributed by atoms with van der Waals surface area (Å²) >= 11 is 1.55. The molecule has 0 atom stereocenters. The van der Waals surface area contributed by atoms with Crippen LogP contribution >= 0.6 is 11.3 Å². The summed E-state index contributed by atoms with van der Waals surface area (Å²) in [5.41, 5.74) is 2.19. The SMILES string of the molecule is CNc1nc(Nc2cn(C3CC(c4nncs4)C3)nc2C)ncc1C(F)(F)F. The van der Waals surface area contributed by atoms with E-state index in [9.17, 15) is 13.2 Å². The minimum Gasteiger partial charge on any atom is -0.372 e. The van der Waals surface area contributed by atoms with Crippen LogP contribution in [0.5, 0.6) is 0 Å². The first-order valence-electron chi connectivity index (χ1n) is 8.56. The molecule has 0 aromatic carbocycles. The summed E-state index contributed by atoms with van der Waals surface area (Å²) in [7, 11) is 1.38. The van der Waals surface area contributed by atoms with Crippen LogP contribution in [0, 0.1) is 6.92 Å². The molecule has 3 aromatic heterocycles. The Morgan fingerprint density at radius 3 is 2.71 bits per heavy atom. The lowest BCUT2D eigenvalue weighted by Gasteiger charge is -2.33. The lowest BCUT2D eigenvalue weighted by molar-refractivity contribution is -0.137. The molecule has 1 saturated carbocycles. The summed E-state index contributed by atoms with van der Waals surface area (Å²) in [4.78, 5) is 7.72. The third-order valence-corrected chi connectivity index (χ3v) is 5.56. The predicted octanol–water partition coefficient (Wildman–Crippen LogP) is 3.76. The van der Waals surface area contributed by atoms with Gasteiger partial charge in [-0.15, -0.1) is 21.5 Å². The zero-order valence-corrected chi connectivity index (χ0v) is 15.8. The van der Waals surface area contributed by atoms with Crippen LogP contribution < -0.4 is 10.6 Å². The van der Waals surface area contributed by atoms with Crippen LogP contribution in [0.2, 0.25) is 0 Å². The number of alkyl halides is 3. The first-order valence-corrected chi connectivity index (χ1v) is 9.44. The van der Waals surface area contributed by atoms with Crippen molar-refractivity contribution in [2.24, 2.45) is 0 Å². The first kappa shape index (κ1) is 18.6. The Labute approximate surface area is 162 Å². The van der Waals surface area contributed by atoms with E-state index in [2.05, 4.69) is 35.9 Å². The quantitative estimate of drug-likeness (QED) is 0.662. The topological polar surface area (TPSA) is 93.4 Å². The van der Waals surface area contributed by atoms with Crippen molar-refractivity contribution in [2.75, 3.05) is 17.7 Å². The van der Waals surface area contributed by atoms with Crippen LogP contribution in [-0.4, -0.2) is 37.0 Å². The third-order valence-electron chi connectivity index (χ3n) is 4.71. The molecule has 1 aliphatic carbocycles. The van der Waals surface area contributed by atoms with E-state index < -0.39 is 11.7 Å². The predicted molar refractivity (Wildman–Crippen MR) is 97.7 cm³/mol. The molecule has 0 spiro atoms. The molecule has 0 amide bonds. The number of anilines is 3. The van der Waals surface area contributed by atoms with Crippen LogP contribution in [0.3, 0.4) is 0 Å². The van der Waals surface area contributed by atoms with Crippen LogP contribution in [0.1, 0.15) is 41.1 Å². The fourth-order valence-corrected chi connectivity index (χ4v) is 3.80. The molecular formula is C16H17F3N8S. The second-order valence-electron chi connectivity index (χ2n) is 6.54. The lowest BCUT2D eigenvalue weighted by atomic mass is 9.81. The molecule has 4 rings (SSSR count). The van der Waals surface area contributed by atoms with Crippen molar-refractivity contribution in [1.29, 1.82) is 0 Å². The zero-order valence-electron chi connectivity index (χ0n) is 15.0. The lowest BCUT2D eigenvalue weighted by Crippen LogP contribution is -2.25. The van der Waals surface area contributed by atoms with Crippen molar-refractivity contribution < 1.29 is 13.2 Å². The molecule has 8 nitrogen and oxygen atoms in total. The maximum absolute atomic E-state index is 13.0. The highest BCUT2D eigenvalue weighted by Crippen LogP contribution is 2.45. The minimum atomic E-state index is -4.52. The van der Waals surface area contributed by atoms with Crippen LogP contribution in [0.15, 0.2) is 17.9 Å². The largest absolute Gasteiger partial charge is 0.421 e. The Morgan fingerprint density at radius 1 is 1.29 bits per heavy atom. The normalized spacial score (nSPS) is 19.3. The molecule has 0 bridgehead atoms. The Bertz CT molecular complexity index is 963. The number of aryl methyl sites for hydroxylation is 1. The van der Waals surface area contributed by atoms with E-state index in [1.165, 1.54) is 7.05 Å². The highest BCUT2D eigenvalue weighted by molar-refractivity contribution is 7.09. The number of aromatic nitrogens is 6. The summed E-state index contributed by atoms with van der Waals surface area (Å²) in [5.74, 6) is 0.184. The molecule has 0 unspecified atom stereocenters. The van der Waals surface area contributed by atoms with Gasteiger partial charge in [-0.05, 0) is 19.8 Å². The van der Waals surface area contributed by atoms with Gasteiger partial charge in [0.25, 0.3) is 0 Å². The van der Waals surface area contributed by atoms with Gasteiger partial charge in [0.1, 0.15) is 21.9 Å². The van der Waals surface area contributed by atoms with E-state index in [1.807, 2.05) is 17.8 Å². The molecule has 148 valence electrons. The summed E-state index contributed by atoms with van der Waals surface area (Å²) < 4.78 is 40.8. The van der Waals surface area contributed by atoms with Crippen molar-refractivity contribution in [1.82, 2.24) is 29.9 Å². The second-order valence-corrected chi connectivity index (χ2v) is 7.40. The van der Waals surface area contributed by atoms with E-state index in [1.54, 1.807) is 16.8 Å². The minimum absolute atomic E-state index is 0.0698. The molecule has 0 saturated heterocycles. The van der Waals surface area contributed by atoms with Crippen LogP contribution in [0.25, 0.3) is 0 Å². The molecule has 12 heteroatoms. The Kier molecular flexibility index (Phi) is 4.65. The summed E-state index contributed by atoms with van der Waals surface area (Å²) in [5, 5.41) is 18.9. The molecule has 0 radical (unpaired) electrons. The molecular weight excluding hydrogens is 393 g/mol. The molecule has 0 aliphatic heterocycles. The van der Waals surface area contributed by atoms with Crippen molar-refractivity contribution in [3.8, 4) is 0 Å². The molecule has 3 heterocycles. The van der Waals surface area contributed by atoms with Gasteiger partial charge in [0, 0.05) is 25.4 Å². The molecule has 28 heavy (non-hydrogen) atoms. The van der Waals surface area contributed by atoms with Crippen molar-refractivity contribution >= 4 is 28.8 Å². The maximum atomic E-state index is 13.0. The fourth-order valence-electron chi connectivity index (χ4n) is 3.12. The van der Waals surface area contributed by atoms with E-state index in [0.717, 1.165) is 24.0 Å². The number of hydrogen-bond acceptors (Lipinski definition) is 8. The van der Waals surface area contributed by atoms with Gasteiger partial charge in [-0.25, -0.2) is 4.98 Å². The first-order chi connectivity index (χ1) is 13.3. The maximum Gasteiger partial charge on any atom is 0.421 e. The van der Waals surface area contributed by atoms with Gasteiger partial charge in [0.05, 0.1) is 17.4 Å². The number of rotatable bonds is 5. The number of halogens is 3. The van der Waals surface area contributed by atoms with E-state index >= 15 is 0 Å². The van der Waals surface area contributed by atoms with E-state index in [4.69, 9.17) is 0 Å². The van der Waals surface area contributed by atoms with E-state index in [-0.39, 0.29) is 17.8 Å². The van der Waals surface area contributed by atoms with Crippen molar-refractivity contribution in [2.45, 2.75) is 37.9 Å². The Hall–Kier alpha value is -2.76. The molecule has 1 fully saturated rings. The second kappa shape index (κ2) is 7.00. The van der Waals surface area contributed by atoms with Crippen LogP contribution in [0.4, 0.5) is 30.6 Å². The average molecular weight is 410 g/mol. The number of nitrogens with zero attached hydrogens (tertiary/aromatic N) is 6. The highest BCUT2D eigenvalue weighted by atomic mass is 32.1. The zero-order chi connectivity index (χ0) is 19.9. The number of nitrogens with one attached hydrogen (secondary N) is 2. The van der Waals surface area contributed by atoms with Crippen molar-refractivity contribution in [3.63, 3.8) is 0 Å². The van der Waals surface area contributed by atoms with Gasteiger partial charge in [-0.1, -0.05) is 0 Å². The van der Waals surface area contributed by atoms with Gasteiger partial charge in [-0.2, -0.15) is 23.3 Å². The standard InChI is InChI=1S/C16H17F3N8S/c1-8-12(23-15-21-5-11(16(17,18)19)13(20-2)24-15)6-27(26-8)10-3-9(4-10)14-25-22-7-28-14/h5-7,9-10H,3-4H2,1-2H3,(H2,20,21,23,24). The van der Waals surface area contributed by atoms with Gasteiger partial charge < -0.3 is 10.6 Å². The molecule has 3 aromatic rings.